The molecule has 0 spiro atoms. The highest BCUT2D eigenvalue weighted by molar-refractivity contribution is 9.09. The zero-order valence-corrected chi connectivity index (χ0v) is 9.21. The molecule has 0 radical (unpaired) electrons. The van der Waals surface area contributed by atoms with Gasteiger partial charge in [0.2, 0.25) is 0 Å². The van der Waals surface area contributed by atoms with E-state index in [2.05, 4.69) is 28.1 Å². The lowest BCUT2D eigenvalue weighted by Crippen LogP contribution is -2.51. The summed E-state index contributed by atoms with van der Waals surface area (Å²) in [7, 11) is 1.63. The number of fused-ring (bicyclic) bond motifs is 2. The number of ketones is 1. The van der Waals surface area contributed by atoms with Crippen LogP contribution in [0.4, 0.5) is 0 Å². The maximum atomic E-state index is 11.8. The molecule has 72 valence electrons. The van der Waals surface area contributed by atoms with E-state index < -0.39 is 5.60 Å². The summed E-state index contributed by atoms with van der Waals surface area (Å²) in [5.41, 5.74) is -0.580. The molecule has 2 aliphatic carbocycles. The fraction of sp³-hybridized carbons (Fsp3) is 0.700. The number of alkyl halides is 1. The quantitative estimate of drug-likeness (QED) is 0.549. The molecule has 0 heterocycles. The SMILES string of the molecule is CO[C@@]1(CBr)C(=O)C[C@H]2C=C[C@@H]1C2. The third kappa shape index (κ3) is 1.21. The van der Waals surface area contributed by atoms with Crippen molar-refractivity contribution in [2.75, 3.05) is 12.4 Å². The molecule has 0 aromatic carbocycles. The second-order valence-corrected chi connectivity index (χ2v) is 4.40. The van der Waals surface area contributed by atoms with Gasteiger partial charge in [0.25, 0.3) is 0 Å². The van der Waals surface area contributed by atoms with Gasteiger partial charge in [-0.25, -0.2) is 0 Å². The first kappa shape index (κ1) is 9.41. The van der Waals surface area contributed by atoms with Gasteiger partial charge < -0.3 is 4.74 Å². The van der Waals surface area contributed by atoms with Crippen molar-refractivity contribution in [2.24, 2.45) is 11.8 Å². The summed E-state index contributed by atoms with van der Waals surface area (Å²) in [4.78, 5) is 11.8. The molecule has 0 unspecified atom stereocenters. The van der Waals surface area contributed by atoms with E-state index in [0.29, 0.717) is 17.7 Å². The van der Waals surface area contributed by atoms with Crippen LogP contribution in [0.5, 0.6) is 0 Å². The molecule has 0 aromatic heterocycles. The minimum Gasteiger partial charge on any atom is -0.369 e. The fourth-order valence-corrected chi connectivity index (χ4v) is 3.34. The van der Waals surface area contributed by atoms with Crippen molar-refractivity contribution in [1.82, 2.24) is 0 Å². The number of hydrogen-bond donors (Lipinski definition) is 0. The van der Waals surface area contributed by atoms with Crippen LogP contribution in [-0.2, 0) is 9.53 Å². The Morgan fingerprint density at radius 2 is 2.46 bits per heavy atom. The Morgan fingerprint density at radius 1 is 1.69 bits per heavy atom. The standard InChI is InChI=1S/C10H13BrO2/c1-13-10(6-11)8-3-2-7(4-8)5-9(10)12/h2-3,7-8H,4-6H2,1H3/t7-,8+,10+/m0/s1. The maximum Gasteiger partial charge on any atom is 0.166 e. The molecule has 13 heavy (non-hydrogen) atoms. The summed E-state index contributed by atoms with van der Waals surface area (Å²) in [6.07, 6.45) is 6.02. The number of rotatable bonds is 2. The van der Waals surface area contributed by atoms with Crippen molar-refractivity contribution in [3.63, 3.8) is 0 Å². The van der Waals surface area contributed by atoms with E-state index in [0.717, 1.165) is 6.42 Å². The second-order valence-electron chi connectivity index (χ2n) is 3.84. The molecule has 3 heteroatoms. The molecule has 2 rings (SSSR count). The molecule has 3 atom stereocenters. The predicted octanol–water partition coefficient (Wildman–Crippen LogP) is 1.93. The molecule has 1 fully saturated rings. The van der Waals surface area contributed by atoms with Gasteiger partial charge in [-0.2, -0.15) is 0 Å². The van der Waals surface area contributed by atoms with Gasteiger partial charge in [0.15, 0.2) is 5.78 Å². The summed E-state index contributed by atoms with van der Waals surface area (Å²) in [6.45, 7) is 0. The Labute approximate surface area is 86.5 Å². The Kier molecular flexibility index (Phi) is 2.32. The first-order valence-electron chi connectivity index (χ1n) is 4.55. The molecule has 0 N–H and O–H groups in total. The normalized spacial score (nSPS) is 42.8. The lowest BCUT2D eigenvalue weighted by Gasteiger charge is -2.38. The molecule has 2 aliphatic rings. The molecule has 2 nitrogen and oxygen atoms in total. The Hall–Kier alpha value is -0.150. The summed E-state index contributed by atoms with van der Waals surface area (Å²) in [5.74, 6) is 1.00. The minimum absolute atomic E-state index is 0.248. The number of methoxy groups -OCH3 is 1. The summed E-state index contributed by atoms with van der Waals surface area (Å²) in [6, 6.07) is 0. The third-order valence-corrected chi connectivity index (χ3v) is 4.09. The van der Waals surface area contributed by atoms with E-state index in [1.807, 2.05) is 0 Å². The molecule has 0 amide bonds. The first-order chi connectivity index (χ1) is 6.23. The topological polar surface area (TPSA) is 26.3 Å². The average molecular weight is 245 g/mol. The van der Waals surface area contributed by atoms with E-state index in [-0.39, 0.29) is 11.7 Å². The van der Waals surface area contributed by atoms with E-state index in [9.17, 15) is 4.79 Å². The maximum absolute atomic E-state index is 11.8. The smallest absolute Gasteiger partial charge is 0.166 e. The summed E-state index contributed by atoms with van der Waals surface area (Å²) < 4.78 is 5.42. The largest absolute Gasteiger partial charge is 0.369 e. The average Bonchev–Trinajstić information content (AvgIpc) is 2.53. The molecule has 1 saturated carbocycles. The van der Waals surface area contributed by atoms with Crippen LogP contribution in [0.25, 0.3) is 0 Å². The van der Waals surface area contributed by atoms with Crippen LogP contribution in [0.1, 0.15) is 12.8 Å². The summed E-state index contributed by atoms with van der Waals surface area (Å²) >= 11 is 3.39. The van der Waals surface area contributed by atoms with E-state index in [1.54, 1.807) is 7.11 Å². The van der Waals surface area contributed by atoms with Gasteiger partial charge in [0.1, 0.15) is 5.60 Å². The molecule has 2 bridgehead atoms. The van der Waals surface area contributed by atoms with Crippen LogP contribution < -0.4 is 0 Å². The van der Waals surface area contributed by atoms with Crippen LogP contribution in [0.15, 0.2) is 12.2 Å². The Morgan fingerprint density at radius 3 is 3.08 bits per heavy atom. The Bertz CT molecular complexity index is 256. The van der Waals surface area contributed by atoms with Crippen molar-refractivity contribution in [2.45, 2.75) is 18.4 Å². The molecular formula is C10H13BrO2. The number of halogens is 1. The zero-order chi connectivity index (χ0) is 9.47. The highest BCUT2D eigenvalue weighted by atomic mass is 79.9. The lowest BCUT2D eigenvalue weighted by atomic mass is 9.75. The van der Waals surface area contributed by atoms with Gasteiger partial charge in [-0.3, -0.25) is 4.79 Å². The van der Waals surface area contributed by atoms with Crippen molar-refractivity contribution < 1.29 is 9.53 Å². The molecule has 0 saturated heterocycles. The van der Waals surface area contributed by atoms with Gasteiger partial charge in [0.05, 0.1) is 0 Å². The first-order valence-corrected chi connectivity index (χ1v) is 5.68. The van der Waals surface area contributed by atoms with Crippen LogP contribution in [0.2, 0.25) is 0 Å². The minimum atomic E-state index is -0.580. The van der Waals surface area contributed by atoms with Crippen molar-refractivity contribution >= 4 is 21.7 Å². The molecule has 0 aromatic rings. The molecule has 0 aliphatic heterocycles. The van der Waals surface area contributed by atoms with E-state index in [1.165, 1.54) is 0 Å². The number of Topliss-reactive ketones (excluding diaryl/α,β-unsaturated/α-hetero) is 1. The molecular weight excluding hydrogens is 232 g/mol. The van der Waals surface area contributed by atoms with Gasteiger partial charge in [0, 0.05) is 24.8 Å². The zero-order valence-electron chi connectivity index (χ0n) is 7.63. The summed E-state index contributed by atoms with van der Waals surface area (Å²) in [5, 5.41) is 0.608. The third-order valence-electron chi connectivity index (χ3n) is 3.25. The number of allylic oxidation sites excluding steroid dienone is 1. The lowest BCUT2D eigenvalue weighted by molar-refractivity contribution is -0.147. The van der Waals surface area contributed by atoms with Gasteiger partial charge >= 0.3 is 0 Å². The number of ether oxygens (including phenoxy) is 1. The number of carbonyl (C=O) groups excluding carboxylic acids is 1. The van der Waals surface area contributed by atoms with Crippen molar-refractivity contribution in [1.29, 1.82) is 0 Å². The Balaban J connectivity index is 2.33. The number of carbonyl (C=O) groups is 1. The predicted molar refractivity (Wildman–Crippen MR) is 53.9 cm³/mol. The van der Waals surface area contributed by atoms with E-state index in [4.69, 9.17) is 4.74 Å². The van der Waals surface area contributed by atoms with Crippen molar-refractivity contribution in [3.05, 3.63) is 12.2 Å². The van der Waals surface area contributed by atoms with Gasteiger partial charge in [-0.1, -0.05) is 28.1 Å². The van der Waals surface area contributed by atoms with Crippen LogP contribution in [-0.4, -0.2) is 23.8 Å². The van der Waals surface area contributed by atoms with Crippen molar-refractivity contribution in [3.8, 4) is 0 Å². The van der Waals surface area contributed by atoms with Gasteiger partial charge in [-0.15, -0.1) is 0 Å². The monoisotopic (exact) mass is 244 g/mol. The fourth-order valence-electron chi connectivity index (χ4n) is 2.38. The van der Waals surface area contributed by atoms with Crippen LogP contribution >= 0.6 is 15.9 Å². The van der Waals surface area contributed by atoms with Gasteiger partial charge in [-0.05, 0) is 12.3 Å². The van der Waals surface area contributed by atoms with Crippen LogP contribution in [0, 0.1) is 11.8 Å². The van der Waals surface area contributed by atoms with E-state index >= 15 is 0 Å². The number of hydrogen-bond acceptors (Lipinski definition) is 2. The highest BCUT2D eigenvalue weighted by Gasteiger charge is 2.50. The second kappa shape index (κ2) is 3.21. The van der Waals surface area contributed by atoms with Crippen LogP contribution in [0.3, 0.4) is 0 Å². The highest BCUT2D eigenvalue weighted by Crippen LogP contribution is 2.43.